The van der Waals surface area contributed by atoms with Crippen LogP contribution in [0.15, 0.2) is 18.2 Å². The quantitative estimate of drug-likeness (QED) is 0.867. The van der Waals surface area contributed by atoms with Gasteiger partial charge in [-0.1, -0.05) is 0 Å². The predicted molar refractivity (Wildman–Crippen MR) is 55.1 cm³/mol. The second-order valence-electron chi connectivity index (χ2n) is 3.49. The van der Waals surface area contributed by atoms with Gasteiger partial charge in [0, 0.05) is 5.56 Å². The Morgan fingerprint density at radius 2 is 2.06 bits per heavy atom. The van der Waals surface area contributed by atoms with Crippen molar-refractivity contribution in [2.24, 2.45) is 5.73 Å². The summed E-state index contributed by atoms with van der Waals surface area (Å²) in [7, 11) is 0. The molecule has 0 aromatic heterocycles. The Labute approximate surface area is 92.2 Å². The topological polar surface area (TPSA) is 35.2 Å². The summed E-state index contributed by atoms with van der Waals surface area (Å²) in [5, 5.41) is 0. The van der Waals surface area contributed by atoms with Gasteiger partial charge in [-0.2, -0.15) is 8.78 Å². The van der Waals surface area contributed by atoms with E-state index in [0.29, 0.717) is 0 Å². The Hall–Kier alpha value is -1.23. The van der Waals surface area contributed by atoms with Crippen molar-refractivity contribution in [3.63, 3.8) is 0 Å². The van der Waals surface area contributed by atoms with E-state index in [1.807, 2.05) is 0 Å². The van der Waals surface area contributed by atoms with Crippen LogP contribution in [0.2, 0.25) is 0 Å². The van der Waals surface area contributed by atoms with E-state index in [-0.39, 0.29) is 12.4 Å². The lowest BCUT2D eigenvalue weighted by Crippen LogP contribution is -2.35. The molecule has 5 heteroatoms. The normalized spacial score (nSPS) is 13.6. The zero-order valence-electron chi connectivity index (χ0n) is 9.14. The molecule has 0 radical (unpaired) electrons. The van der Waals surface area contributed by atoms with E-state index < -0.39 is 23.3 Å². The maximum Gasteiger partial charge on any atom is 0.287 e. The van der Waals surface area contributed by atoms with Crippen LogP contribution in [-0.4, -0.2) is 12.6 Å². The van der Waals surface area contributed by atoms with Gasteiger partial charge >= 0.3 is 0 Å². The Bertz CT molecular complexity index is 366. The number of alkyl halides is 2. The summed E-state index contributed by atoms with van der Waals surface area (Å²) in [6.07, 6.45) is 0. The largest absolute Gasteiger partial charge is 0.491 e. The minimum atomic E-state index is -3.24. The average Bonchev–Trinajstić information content (AvgIpc) is 2.21. The molecule has 0 aliphatic heterocycles. The third-order valence-corrected chi connectivity index (χ3v) is 2.19. The molecule has 0 spiro atoms. The summed E-state index contributed by atoms with van der Waals surface area (Å²) < 4.78 is 45.1. The number of nitrogens with two attached hydrogens (primary N) is 1. The minimum Gasteiger partial charge on any atom is -0.491 e. The van der Waals surface area contributed by atoms with E-state index in [9.17, 15) is 13.2 Å². The Kier molecular flexibility index (Phi) is 3.80. The lowest BCUT2D eigenvalue weighted by Gasteiger charge is -2.21. The van der Waals surface area contributed by atoms with Crippen molar-refractivity contribution in [3.8, 4) is 5.75 Å². The van der Waals surface area contributed by atoms with Crippen LogP contribution in [-0.2, 0) is 5.92 Å². The van der Waals surface area contributed by atoms with Gasteiger partial charge in [-0.15, -0.1) is 0 Å². The van der Waals surface area contributed by atoms with E-state index in [2.05, 4.69) is 0 Å². The van der Waals surface area contributed by atoms with E-state index in [1.165, 1.54) is 13.0 Å². The number of ether oxygens (including phenoxy) is 1. The summed E-state index contributed by atoms with van der Waals surface area (Å²) in [6.45, 7) is 3.14. The fourth-order valence-corrected chi connectivity index (χ4v) is 1.24. The highest BCUT2D eigenvalue weighted by atomic mass is 19.3. The highest BCUT2D eigenvalue weighted by Crippen LogP contribution is 2.32. The third kappa shape index (κ3) is 2.47. The van der Waals surface area contributed by atoms with Crippen LogP contribution in [0, 0.1) is 5.82 Å². The molecule has 90 valence electrons. The van der Waals surface area contributed by atoms with Crippen molar-refractivity contribution >= 4 is 0 Å². The first-order valence-electron chi connectivity index (χ1n) is 4.95. The summed E-state index contributed by atoms with van der Waals surface area (Å²) in [5.74, 6) is -4.09. The molecular formula is C11H14F3NO. The van der Waals surface area contributed by atoms with Gasteiger partial charge in [-0.05, 0) is 32.0 Å². The van der Waals surface area contributed by atoms with Gasteiger partial charge in [0.25, 0.3) is 5.92 Å². The van der Waals surface area contributed by atoms with E-state index >= 15 is 0 Å². The van der Waals surface area contributed by atoms with Gasteiger partial charge in [-0.3, -0.25) is 0 Å². The van der Waals surface area contributed by atoms with Crippen molar-refractivity contribution < 1.29 is 17.9 Å². The fraction of sp³-hybridized carbons (Fsp3) is 0.455. The van der Waals surface area contributed by atoms with Gasteiger partial charge in [0.2, 0.25) is 0 Å². The highest BCUT2D eigenvalue weighted by molar-refractivity contribution is 5.32. The van der Waals surface area contributed by atoms with Crippen molar-refractivity contribution in [2.45, 2.75) is 25.8 Å². The number of rotatable bonds is 4. The second-order valence-corrected chi connectivity index (χ2v) is 3.49. The van der Waals surface area contributed by atoms with Gasteiger partial charge in [0.15, 0.2) is 11.6 Å². The van der Waals surface area contributed by atoms with Crippen LogP contribution in [0.4, 0.5) is 13.2 Å². The molecule has 1 atom stereocenters. The van der Waals surface area contributed by atoms with Crippen molar-refractivity contribution in [1.82, 2.24) is 0 Å². The van der Waals surface area contributed by atoms with E-state index in [0.717, 1.165) is 12.1 Å². The Balaban J connectivity index is 3.05. The summed E-state index contributed by atoms with van der Waals surface area (Å²) >= 11 is 0. The van der Waals surface area contributed by atoms with Gasteiger partial charge in [-0.25, -0.2) is 4.39 Å². The summed E-state index contributed by atoms with van der Waals surface area (Å²) in [4.78, 5) is 0. The predicted octanol–water partition coefficient (Wildman–Crippen LogP) is 2.66. The van der Waals surface area contributed by atoms with Gasteiger partial charge in [0.05, 0.1) is 12.6 Å². The van der Waals surface area contributed by atoms with Crippen LogP contribution in [0.25, 0.3) is 0 Å². The Morgan fingerprint density at radius 1 is 1.44 bits per heavy atom. The SMILES string of the molecule is CCOc1ccc(C(F)(F)C(C)N)cc1F. The molecule has 1 unspecified atom stereocenters. The van der Waals surface area contributed by atoms with Crippen LogP contribution in [0.1, 0.15) is 19.4 Å². The lowest BCUT2D eigenvalue weighted by molar-refractivity contribution is -0.0259. The number of hydrogen-bond donors (Lipinski definition) is 1. The minimum absolute atomic E-state index is 0.0354. The first-order chi connectivity index (χ1) is 7.39. The first kappa shape index (κ1) is 12.8. The molecule has 1 aromatic carbocycles. The number of benzene rings is 1. The monoisotopic (exact) mass is 233 g/mol. The van der Waals surface area contributed by atoms with Crippen LogP contribution in [0.5, 0.6) is 5.75 Å². The maximum absolute atomic E-state index is 13.4. The molecule has 0 amide bonds. The zero-order chi connectivity index (χ0) is 12.3. The molecule has 0 aliphatic carbocycles. The average molecular weight is 233 g/mol. The van der Waals surface area contributed by atoms with Crippen LogP contribution < -0.4 is 10.5 Å². The highest BCUT2D eigenvalue weighted by Gasteiger charge is 2.36. The smallest absolute Gasteiger partial charge is 0.287 e. The third-order valence-electron chi connectivity index (χ3n) is 2.19. The lowest BCUT2D eigenvalue weighted by atomic mass is 10.0. The molecule has 0 saturated heterocycles. The molecule has 0 aliphatic rings. The molecule has 1 rings (SSSR count). The molecular weight excluding hydrogens is 219 g/mol. The molecule has 1 aromatic rings. The van der Waals surface area contributed by atoms with Crippen molar-refractivity contribution in [2.75, 3.05) is 6.61 Å². The van der Waals surface area contributed by atoms with E-state index in [4.69, 9.17) is 10.5 Å². The standard InChI is InChI=1S/C11H14F3NO/c1-3-16-10-5-4-8(6-9(10)12)11(13,14)7(2)15/h4-7H,3,15H2,1-2H3. The van der Waals surface area contributed by atoms with Crippen molar-refractivity contribution in [1.29, 1.82) is 0 Å². The molecule has 0 bridgehead atoms. The number of hydrogen-bond acceptors (Lipinski definition) is 2. The van der Waals surface area contributed by atoms with E-state index in [1.54, 1.807) is 6.92 Å². The zero-order valence-corrected chi connectivity index (χ0v) is 9.14. The van der Waals surface area contributed by atoms with Gasteiger partial charge < -0.3 is 10.5 Å². The first-order valence-corrected chi connectivity index (χ1v) is 4.95. The van der Waals surface area contributed by atoms with Crippen LogP contribution >= 0.6 is 0 Å². The Morgan fingerprint density at radius 3 is 2.50 bits per heavy atom. The maximum atomic E-state index is 13.4. The molecule has 2 nitrogen and oxygen atoms in total. The molecule has 0 saturated carbocycles. The molecule has 0 heterocycles. The number of halogens is 3. The second kappa shape index (κ2) is 4.74. The summed E-state index contributed by atoms with van der Waals surface area (Å²) in [5.41, 5.74) is 4.70. The fourth-order valence-electron chi connectivity index (χ4n) is 1.24. The van der Waals surface area contributed by atoms with Crippen molar-refractivity contribution in [3.05, 3.63) is 29.6 Å². The molecule has 16 heavy (non-hydrogen) atoms. The summed E-state index contributed by atoms with van der Waals surface area (Å²) in [6, 6.07) is 1.70. The van der Waals surface area contributed by atoms with Gasteiger partial charge in [0.1, 0.15) is 0 Å². The molecule has 0 fully saturated rings. The van der Waals surface area contributed by atoms with Crippen LogP contribution in [0.3, 0.4) is 0 Å². The molecule has 2 N–H and O–H groups in total.